The Kier molecular flexibility index (Phi) is 24.9. The average Bonchev–Trinajstić information content (AvgIpc) is 2.70. The Labute approximate surface area is 150 Å². The Morgan fingerprint density at radius 2 is 1.30 bits per heavy atom. The molecular weight excluding hydrogens is 367 g/mol. The molecule has 0 radical (unpaired) electrons. The van der Waals surface area contributed by atoms with Crippen LogP contribution in [-0.4, -0.2) is 55.0 Å². The third-order valence-corrected chi connectivity index (χ3v) is 5.13. The normalized spacial score (nSPS) is 10.3. The van der Waals surface area contributed by atoms with E-state index in [1.165, 1.54) is 10.3 Å². The fourth-order valence-corrected chi connectivity index (χ4v) is 0.782. The van der Waals surface area contributed by atoms with Gasteiger partial charge in [0.05, 0.1) is 0 Å². The van der Waals surface area contributed by atoms with Crippen LogP contribution in [0.25, 0.3) is 0 Å². The van der Waals surface area contributed by atoms with Gasteiger partial charge in [0.15, 0.2) is 0 Å². The first-order valence-electron chi connectivity index (χ1n) is 5.61. The van der Waals surface area contributed by atoms with Crippen LogP contribution in [0.4, 0.5) is 0 Å². The van der Waals surface area contributed by atoms with Gasteiger partial charge in [-0.2, -0.15) is 0 Å². The molecule has 9 heteroatoms. The molecule has 20 heavy (non-hydrogen) atoms. The van der Waals surface area contributed by atoms with Crippen molar-refractivity contribution in [2.24, 2.45) is 0 Å². The molecule has 0 amide bonds. The molecule has 4 nitrogen and oxygen atoms in total. The second-order valence-corrected chi connectivity index (χ2v) is 9.02. The Hall–Kier alpha value is 0.408. The van der Waals surface area contributed by atoms with Gasteiger partial charge in [-0.1, -0.05) is 0 Å². The van der Waals surface area contributed by atoms with Crippen molar-refractivity contribution in [2.75, 3.05) is 28.2 Å². The van der Waals surface area contributed by atoms with Crippen molar-refractivity contribution in [3.05, 3.63) is 22.1 Å². The number of rotatable bonds is 2. The zero-order valence-electron chi connectivity index (χ0n) is 12.9. The van der Waals surface area contributed by atoms with E-state index in [-0.39, 0.29) is 24.8 Å². The Balaban J connectivity index is -0.0000000914. The molecule has 1 aliphatic rings. The summed E-state index contributed by atoms with van der Waals surface area (Å²) in [5.41, 5.74) is 0. The van der Waals surface area contributed by atoms with Crippen molar-refractivity contribution in [1.29, 1.82) is 0 Å². The molecule has 0 atom stereocenters. The van der Waals surface area contributed by atoms with E-state index in [1.807, 2.05) is 0 Å². The van der Waals surface area contributed by atoms with E-state index < -0.39 is 17.7 Å². The second kappa shape index (κ2) is 17.5. The summed E-state index contributed by atoms with van der Waals surface area (Å²) in [5.74, 6) is 0. The fraction of sp³-hybridized carbons (Fsp3) is 0.636. The second-order valence-electron chi connectivity index (χ2n) is 4.15. The molecule has 0 aromatic heterocycles. The van der Waals surface area contributed by atoms with Gasteiger partial charge < -0.3 is 42.9 Å². The van der Waals surface area contributed by atoms with Gasteiger partial charge in [0, 0.05) is 0 Å². The van der Waals surface area contributed by atoms with Crippen molar-refractivity contribution in [3.8, 4) is 0 Å². The van der Waals surface area contributed by atoms with E-state index in [0.717, 1.165) is 0 Å². The monoisotopic (exact) mass is 389 g/mol. The SMILES string of the molecule is CN(C)[Si](C)=O.CN(C)[Si](C)=O.[Cl-].[Cl-].[Ti+2][C]1=CC=CC1. The number of halogens is 2. The third kappa shape index (κ3) is 23.5. The zero-order valence-corrected chi connectivity index (χ0v) is 18.0. The van der Waals surface area contributed by atoms with E-state index in [2.05, 4.69) is 38.7 Å². The Morgan fingerprint density at radius 1 is 1.00 bits per heavy atom. The minimum atomic E-state index is -1.37. The molecule has 0 aromatic carbocycles. The molecule has 0 saturated heterocycles. The zero-order chi connectivity index (χ0) is 14.7. The first-order chi connectivity index (χ1) is 8.18. The number of allylic oxidation sites excluding steroid dienone is 4. The molecule has 115 valence electrons. The molecule has 0 unspecified atom stereocenters. The molecule has 1 aliphatic carbocycles. The van der Waals surface area contributed by atoms with Crippen LogP contribution in [0.2, 0.25) is 13.1 Å². The molecule has 0 aromatic rings. The third-order valence-electron chi connectivity index (χ3n) is 2.03. The van der Waals surface area contributed by atoms with Crippen molar-refractivity contribution >= 4 is 17.7 Å². The summed E-state index contributed by atoms with van der Waals surface area (Å²) in [4.78, 5) is 0. The van der Waals surface area contributed by atoms with Crippen molar-refractivity contribution in [1.82, 2.24) is 9.13 Å². The van der Waals surface area contributed by atoms with Crippen LogP contribution >= 0.6 is 0 Å². The van der Waals surface area contributed by atoms with Crippen LogP contribution in [0.1, 0.15) is 6.42 Å². The summed E-state index contributed by atoms with van der Waals surface area (Å²) in [7, 11) is 4.49. The van der Waals surface area contributed by atoms with Crippen LogP contribution < -0.4 is 24.8 Å². The van der Waals surface area contributed by atoms with Gasteiger partial charge in [0.1, 0.15) is 0 Å². The van der Waals surface area contributed by atoms with Crippen LogP contribution in [0.5, 0.6) is 0 Å². The molecule has 1 rings (SSSR count). The quantitative estimate of drug-likeness (QED) is 0.447. The summed E-state index contributed by atoms with van der Waals surface area (Å²) in [6, 6.07) is 0. The van der Waals surface area contributed by atoms with Gasteiger partial charge in [-0.3, -0.25) is 0 Å². The van der Waals surface area contributed by atoms with Crippen molar-refractivity contribution < 1.29 is 54.2 Å². The van der Waals surface area contributed by atoms with E-state index in [4.69, 9.17) is 0 Å². The van der Waals surface area contributed by atoms with Crippen LogP contribution in [0.15, 0.2) is 22.1 Å². The van der Waals surface area contributed by atoms with Crippen LogP contribution in [0, 0.1) is 0 Å². The summed E-state index contributed by atoms with van der Waals surface area (Å²) in [5, 5.41) is 0. The predicted molar refractivity (Wildman–Crippen MR) is 73.8 cm³/mol. The van der Waals surface area contributed by atoms with Gasteiger partial charge in [-0.15, -0.1) is 0 Å². The number of nitrogens with zero attached hydrogens (tertiary/aromatic N) is 2. The molecule has 0 N–H and O–H groups in total. The van der Waals surface area contributed by atoms with Gasteiger partial charge in [-0.05, 0) is 41.3 Å². The first kappa shape index (κ1) is 28.6. The van der Waals surface area contributed by atoms with Gasteiger partial charge in [0.2, 0.25) is 0 Å². The Morgan fingerprint density at radius 3 is 1.35 bits per heavy atom. The number of hydrogen-bond donors (Lipinski definition) is 0. The molecular formula is C11H23Cl2N2O2Si2Ti. The predicted octanol–water partition coefficient (Wildman–Crippen LogP) is -4.42. The van der Waals surface area contributed by atoms with Crippen molar-refractivity contribution in [2.45, 2.75) is 19.5 Å². The van der Waals surface area contributed by atoms with Gasteiger partial charge >= 0.3 is 66.7 Å². The summed E-state index contributed by atoms with van der Waals surface area (Å²) < 4.78 is 25.4. The molecule has 0 spiro atoms. The van der Waals surface area contributed by atoms with E-state index in [1.54, 1.807) is 50.4 Å². The molecule has 0 aliphatic heterocycles. The topological polar surface area (TPSA) is 40.6 Å². The molecule has 0 saturated carbocycles. The fourth-order valence-electron chi connectivity index (χ4n) is 0.447. The Bertz CT molecular complexity index is 320. The summed E-state index contributed by atoms with van der Waals surface area (Å²) >= 11 is 2.14. The first-order valence-corrected chi connectivity index (χ1v) is 10.1. The van der Waals surface area contributed by atoms with E-state index in [0.29, 0.717) is 0 Å². The van der Waals surface area contributed by atoms with E-state index in [9.17, 15) is 8.92 Å². The summed E-state index contributed by atoms with van der Waals surface area (Å²) in [6.07, 6.45) is 7.56. The molecule has 0 fully saturated rings. The van der Waals surface area contributed by atoms with Crippen molar-refractivity contribution in [3.63, 3.8) is 0 Å². The minimum absolute atomic E-state index is 0. The van der Waals surface area contributed by atoms with Gasteiger partial charge in [-0.25, -0.2) is 0 Å². The van der Waals surface area contributed by atoms with Gasteiger partial charge in [0.25, 0.3) is 0 Å². The van der Waals surface area contributed by atoms with Crippen LogP contribution in [-0.2, 0) is 29.4 Å². The standard InChI is InChI=1S/C5H5.2C3H9NOSi.2ClH.Ti/c1-2-4-5-3-1;2*1-4(2)6(3)5;;;/h1-3H,4H2;2*1-3H3;2*1H;/q;;;;;+2/p-2. The molecule has 0 bridgehead atoms. The maximum atomic E-state index is 10.3. The summed E-state index contributed by atoms with van der Waals surface area (Å²) in [6.45, 7) is 3.43. The molecule has 0 heterocycles. The van der Waals surface area contributed by atoms with Crippen LogP contribution in [0.3, 0.4) is 0 Å². The average molecular weight is 390 g/mol. The van der Waals surface area contributed by atoms with E-state index >= 15 is 0 Å². The number of hydrogen-bond acceptors (Lipinski definition) is 2. The maximum absolute atomic E-state index is 10.3.